The van der Waals surface area contributed by atoms with E-state index >= 15 is 0 Å². The molecule has 1 saturated heterocycles. The Hall–Kier alpha value is -1.62. The van der Waals surface area contributed by atoms with Gasteiger partial charge in [-0.3, -0.25) is 4.79 Å². The van der Waals surface area contributed by atoms with Gasteiger partial charge in [0.15, 0.2) is 0 Å². The largest absolute Gasteiger partial charge is 0.367 e. The van der Waals surface area contributed by atoms with Gasteiger partial charge in [-0.1, -0.05) is 0 Å². The van der Waals surface area contributed by atoms with Gasteiger partial charge >= 0.3 is 0 Å². The second-order valence-corrected chi connectivity index (χ2v) is 4.38. The Morgan fingerprint density at radius 1 is 1.53 bits per heavy atom. The summed E-state index contributed by atoms with van der Waals surface area (Å²) in [5.41, 5.74) is 6.76. The fraction of sp³-hybridized carbons (Fsp3) is 0.500. The number of nitrogens with two attached hydrogens (primary N) is 1. The molecular weight excluding hydrogens is 216 g/mol. The van der Waals surface area contributed by atoms with Crippen molar-refractivity contribution in [3.05, 3.63) is 23.4 Å². The maximum Gasteiger partial charge on any atom is 0.252 e. The van der Waals surface area contributed by atoms with Crippen molar-refractivity contribution in [1.29, 1.82) is 0 Å². The van der Waals surface area contributed by atoms with Crippen LogP contribution >= 0.6 is 0 Å². The molecule has 1 amide bonds. The lowest BCUT2D eigenvalue weighted by Gasteiger charge is -2.25. The number of anilines is 1. The monoisotopic (exact) mass is 234 g/mol. The predicted octanol–water partition coefficient (Wildman–Crippen LogP) is 0.653. The highest BCUT2D eigenvalue weighted by atomic mass is 16.1. The van der Waals surface area contributed by atoms with Crippen molar-refractivity contribution in [3.63, 3.8) is 0 Å². The number of amides is 1. The van der Waals surface area contributed by atoms with Gasteiger partial charge in [0.05, 0.1) is 5.56 Å². The van der Waals surface area contributed by atoms with Crippen LogP contribution in [0.2, 0.25) is 0 Å². The number of rotatable bonds is 3. The van der Waals surface area contributed by atoms with Gasteiger partial charge in [0, 0.05) is 12.2 Å². The van der Waals surface area contributed by atoms with Gasteiger partial charge in [-0.05, 0) is 44.5 Å². The zero-order valence-electron chi connectivity index (χ0n) is 9.99. The molecule has 92 valence electrons. The summed E-state index contributed by atoms with van der Waals surface area (Å²) < 4.78 is 0. The first kappa shape index (κ1) is 11.9. The quantitative estimate of drug-likeness (QED) is 0.717. The van der Waals surface area contributed by atoms with Gasteiger partial charge < -0.3 is 16.4 Å². The van der Waals surface area contributed by atoms with Gasteiger partial charge in [-0.2, -0.15) is 0 Å². The van der Waals surface area contributed by atoms with Crippen molar-refractivity contribution in [2.75, 3.05) is 18.4 Å². The molecule has 1 fully saturated rings. The molecule has 0 bridgehead atoms. The molecule has 0 aromatic carbocycles. The number of primary amides is 1. The summed E-state index contributed by atoms with van der Waals surface area (Å²) >= 11 is 0. The van der Waals surface area contributed by atoms with Crippen LogP contribution in [0.5, 0.6) is 0 Å². The normalized spacial score (nSPS) is 16.8. The zero-order valence-corrected chi connectivity index (χ0v) is 9.99. The third-order valence-corrected chi connectivity index (χ3v) is 3.09. The Morgan fingerprint density at radius 3 is 2.88 bits per heavy atom. The molecule has 17 heavy (non-hydrogen) atoms. The standard InChI is InChI=1S/C12H18N4O/c1-8-2-7-15-12(10(8)11(13)17)16-9-3-5-14-6-4-9/h2,7,9,14H,3-6H2,1H3,(H2,13,17)(H,15,16). The number of carbonyl (C=O) groups excluding carboxylic acids is 1. The Balaban J connectivity index is 2.19. The highest BCUT2D eigenvalue weighted by molar-refractivity contribution is 5.99. The second kappa shape index (κ2) is 5.14. The van der Waals surface area contributed by atoms with E-state index in [9.17, 15) is 4.79 Å². The van der Waals surface area contributed by atoms with Gasteiger partial charge in [-0.15, -0.1) is 0 Å². The molecule has 1 aliphatic heterocycles. The summed E-state index contributed by atoms with van der Waals surface area (Å²) in [4.78, 5) is 15.6. The third kappa shape index (κ3) is 2.74. The average molecular weight is 234 g/mol. The molecule has 1 aliphatic rings. The summed E-state index contributed by atoms with van der Waals surface area (Å²) in [6, 6.07) is 2.16. The molecule has 1 aromatic heterocycles. The summed E-state index contributed by atoms with van der Waals surface area (Å²) in [6.45, 7) is 3.86. The minimum atomic E-state index is -0.424. The first-order valence-corrected chi connectivity index (χ1v) is 5.91. The maximum absolute atomic E-state index is 11.4. The molecule has 0 atom stereocenters. The van der Waals surface area contributed by atoms with Crippen molar-refractivity contribution in [2.45, 2.75) is 25.8 Å². The minimum absolute atomic E-state index is 0.364. The first-order chi connectivity index (χ1) is 8.18. The summed E-state index contributed by atoms with van der Waals surface area (Å²) in [6.07, 6.45) is 3.77. The summed E-state index contributed by atoms with van der Waals surface area (Å²) in [7, 11) is 0. The highest BCUT2D eigenvalue weighted by Gasteiger charge is 2.17. The van der Waals surface area contributed by atoms with Crippen LogP contribution < -0.4 is 16.4 Å². The topological polar surface area (TPSA) is 80.0 Å². The number of carbonyl (C=O) groups is 1. The smallest absolute Gasteiger partial charge is 0.252 e. The average Bonchev–Trinajstić information content (AvgIpc) is 2.30. The molecule has 0 radical (unpaired) electrons. The molecule has 5 nitrogen and oxygen atoms in total. The van der Waals surface area contributed by atoms with Gasteiger partial charge in [0.25, 0.3) is 5.91 Å². The number of piperidine rings is 1. The van der Waals surface area contributed by atoms with E-state index in [2.05, 4.69) is 15.6 Å². The molecular formula is C12H18N4O. The SMILES string of the molecule is Cc1ccnc(NC2CCNCC2)c1C(N)=O. The van der Waals surface area contributed by atoms with Crippen LogP contribution in [0.25, 0.3) is 0 Å². The maximum atomic E-state index is 11.4. The van der Waals surface area contributed by atoms with Crippen LogP contribution in [-0.2, 0) is 0 Å². The number of aromatic nitrogens is 1. The van der Waals surface area contributed by atoms with E-state index in [0.29, 0.717) is 17.4 Å². The van der Waals surface area contributed by atoms with Crippen molar-refractivity contribution in [3.8, 4) is 0 Å². The molecule has 0 unspecified atom stereocenters. The number of pyridine rings is 1. The van der Waals surface area contributed by atoms with Gasteiger partial charge in [0.2, 0.25) is 0 Å². The number of hydrogen-bond acceptors (Lipinski definition) is 4. The van der Waals surface area contributed by atoms with Gasteiger partial charge in [-0.25, -0.2) is 4.98 Å². The lowest BCUT2D eigenvalue weighted by atomic mass is 10.1. The second-order valence-electron chi connectivity index (χ2n) is 4.38. The molecule has 4 N–H and O–H groups in total. The fourth-order valence-electron chi connectivity index (χ4n) is 2.14. The predicted molar refractivity (Wildman–Crippen MR) is 67.0 cm³/mol. The number of aryl methyl sites for hydroxylation is 1. The van der Waals surface area contributed by atoms with E-state index in [-0.39, 0.29) is 0 Å². The third-order valence-electron chi connectivity index (χ3n) is 3.09. The summed E-state index contributed by atoms with van der Waals surface area (Å²) in [5.74, 6) is 0.191. The minimum Gasteiger partial charge on any atom is -0.367 e. The molecule has 0 aliphatic carbocycles. The zero-order chi connectivity index (χ0) is 12.3. The van der Waals surface area contributed by atoms with E-state index in [1.807, 2.05) is 6.92 Å². The number of nitrogens with one attached hydrogen (secondary N) is 2. The number of hydrogen-bond donors (Lipinski definition) is 3. The molecule has 0 spiro atoms. The molecule has 2 heterocycles. The van der Waals surface area contributed by atoms with E-state index in [0.717, 1.165) is 31.5 Å². The Morgan fingerprint density at radius 2 is 2.24 bits per heavy atom. The van der Waals surface area contributed by atoms with Gasteiger partial charge in [0.1, 0.15) is 5.82 Å². The van der Waals surface area contributed by atoms with Crippen molar-refractivity contribution < 1.29 is 4.79 Å². The van der Waals surface area contributed by atoms with Crippen LogP contribution in [-0.4, -0.2) is 30.0 Å². The lowest BCUT2D eigenvalue weighted by Crippen LogP contribution is -2.36. The van der Waals surface area contributed by atoms with E-state index in [4.69, 9.17) is 5.73 Å². The van der Waals surface area contributed by atoms with Crippen LogP contribution in [0, 0.1) is 6.92 Å². The Kier molecular flexibility index (Phi) is 3.58. The lowest BCUT2D eigenvalue weighted by molar-refractivity contribution is 0.1000. The molecule has 2 rings (SSSR count). The molecule has 0 saturated carbocycles. The highest BCUT2D eigenvalue weighted by Crippen LogP contribution is 2.18. The van der Waals surface area contributed by atoms with E-state index in [1.165, 1.54) is 0 Å². The Bertz CT molecular complexity index is 413. The summed E-state index contributed by atoms with van der Waals surface area (Å²) in [5, 5.41) is 6.62. The van der Waals surface area contributed by atoms with Crippen molar-refractivity contribution >= 4 is 11.7 Å². The Labute approximate surface area is 101 Å². The van der Waals surface area contributed by atoms with Crippen LogP contribution in [0.4, 0.5) is 5.82 Å². The van der Waals surface area contributed by atoms with E-state index in [1.54, 1.807) is 12.3 Å². The molecule has 5 heteroatoms. The van der Waals surface area contributed by atoms with Crippen LogP contribution in [0.1, 0.15) is 28.8 Å². The van der Waals surface area contributed by atoms with E-state index < -0.39 is 5.91 Å². The first-order valence-electron chi connectivity index (χ1n) is 5.91. The van der Waals surface area contributed by atoms with Crippen LogP contribution in [0.3, 0.4) is 0 Å². The number of nitrogens with zero attached hydrogens (tertiary/aromatic N) is 1. The molecule has 1 aromatic rings. The van der Waals surface area contributed by atoms with Crippen molar-refractivity contribution in [1.82, 2.24) is 10.3 Å². The fourth-order valence-corrected chi connectivity index (χ4v) is 2.14. The van der Waals surface area contributed by atoms with Crippen molar-refractivity contribution in [2.24, 2.45) is 5.73 Å². The van der Waals surface area contributed by atoms with Crippen LogP contribution in [0.15, 0.2) is 12.3 Å².